The predicted molar refractivity (Wildman–Crippen MR) is 62.9 cm³/mol. The molecule has 2 heterocycles. The maximum atomic E-state index is 11.5. The lowest BCUT2D eigenvalue weighted by Gasteiger charge is -2.09. The van der Waals surface area contributed by atoms with Crippen LogP contribution in [0.5, 0.6) is 0 Å². The van der Waals surface area contributed by atoms with E-state index in [2.05, 4.69) is 10.1 Å². The summed E-state index contributed by atoms with van der Waals surface area (Å²) in [6, 6.07) is 1.73. The van der Waals surface area contributed by atoms with Crippen molar-refractivity contribution < 1.29 is 18.1 Å². The van der Waals surface area contributed by atoms with Gasteiger partial charge in [0, 0.05) is 25.2 Å². The Balaban J connectivity index is 2.02. The molecule has 17 heavy (non-hydrogen) atoms. The van der Waals surface area contributed by atoms with E-state index >= 15 is 0 Å². The molecule has 92 valence electrons. The maximum absolute atomic E-state index is 11.5. The van der Waals surface area contributed by atoms with Crippen LogP contribution in [0.15, 0.2) is 22.2 Å². The summed E-state index contributed by atoms with van der Waals surface area (Å²) in [4.78, 5) is 4.28. The second-order valence-corrected chi connectivity index (χ2v) is 6.28. The molecular formula is C9H11N2O4PS. The molecule has 0 unspecified atom stereocenters. The number of hydrogen-bond donors (Lipinski definition) is 0. The van der Waals surface area contributed by atoms with E-state index in [0.717, 1.165) is 5.01 Å². The maximum Gasteiger partial charge on any atom is 0.327 e. The highest BCUT2D eigenvalue weighted by molar-refractivity contribution is 7.52. The first kappa shape index (κ1) is 12.4. The van der Waals surface area contributed by atoms with Gasteiger partial charge in [-0.05, 0) is 0 Å². The van der Waals surface area contributed by atoms with Crippen LogP contribution in [0.25, 0.3) is 10.7 Å². The monoisotopic (exact) mass is 274 g/mol. The Morgan fingerprint density at radius 3 is 3.06 bits per heavy atom. The summed E-state index contributed by atoms with van der Waals surface area (Å²) in [6.07, 6.45) is 1.48. The number of thiazole rings is 1. The molecule has 2 aromatic heterocycles. The third kappa shape index (κ3) is 3.23. The molecule has 2 rings (SSSR count). The Labute approximate surface area is 102 Å². The summed E-state index contributed by atoms with van der Waals surface area (Å²) < 4.78 is 26.1. The van der Waals surface area contributed by atoms with E-state index in [1.165, 1.54) is 31.4 Å². The third-order valence-electron chi connectivity index (χ3n) is 1.99. The van der Waals surface area contributed by atoms with Crippen LogP contribution in [-0.4, -0.2) is 23.9 Å². The van der Waals surface area contributed by atoms with Crippen molar-refractivity contribution in [2.24, 2.45) is 0 Å². The van der Waals surface area contributed by atoms with E-state index < -0.39 is 7.60 Å². The molecule has 0 bridgehead atoms. The number of rotatable bonds is 5. The van der Waals surface area contributed by atoms with Crippen LogP contribution in [0.4, 0.5) is 0 Å². The molecular weight excluding hydrogens is 263 g/mol. The van der Waals surface area contributed by atoms with Crippen molar-refractivity contribution in [3.8, 4) is 10.7 Å². The minimum atomic E-state index is -2.96. The summed E-state index contributed by atoms with van der Waals surface area (Å²) in [7, 11) is -1.61. The molecule has 6 nitrogen and oxygen atoms in total. The average Bonchev–Trinajstić information content (AvgIpc) is 2.97. The Kier molecular flexibility index (Phi) is 3.73. The van der Waals surface area contributed by atoms with Gasteiger partial charge in [0.15, 0.2) is 0 Å². The van der Waals surface area contributed by atoms with E-state index in [9.17, 15) is 4.57 Å². The van der Waals surface area contributed by atoms with Gasteiger partial charge in [0.2, 0.25) is 0 Å². The van der Waals surface area contributed by atoms with Gasteiger partial charge in [-0.3, -0.25) is 4.57 Å². The lowest BCUT2D eigenvalue weighted by Crippen LogP contribution is -1.93. The minimum absolute atomic E-state index is 0.149. The molecule has 0 fully saturated rings. The van der Waals surface area contributed by atoms with Crippen LogP contribution >= 0.6 is 18.9 Å². The zero-order valence-electron chi connectivity index (χ0n) is 9.32. The quantitative estimate of drug-likeness (QED) is 0.780. The molecule has 0 N–H and O–H groups in total. The Morgan fingerprint density at radius 2 is 2.41 bits per heavy atom. The molecule has 0 saturated heterocycles. The van der Waals surface area contributed by atoms with Gasteiger partial charge in [-0.25, -0.2) is 4.98 Å². The number of nitrogens with zero attached hydrogens (tertiary/aromatic N) is 2. The van der Waals surface area contributed by atoms with Gasteiger partial charge in [0.1, 0.15) is 17.0 Å². The van der Waals surface area contributed by atoms with Crippen molar-refractivity contribution in [1.82, 2.24) is 10.1 Å². The molecule has 0 aliphatic carbocycles. The van der Waals surface area contributed by atoms with Gasteiger partial charge in [-0.15, -0.1) is 11.3 Å². The van der Waals surface area contributed by atoms with E-state index in [0.29, 0.717) is 11.4 Å². The van der Waals surface area contributed by atoms with Crippen LogP contribution in [0, 0.1) is 0 Å². The highest BCUT2D eigenvalue weighted by Gasteiger charge is 2.15. The lowest BCUT2D eigenvalue weighted by molar-refractivity contribution is 0.228. The molecule has 0 saturated carbocycles. The van der Waals surface area contributed by atoms with Gasteiger partial charge in [-0.1, -0.05) is 5.16 Å². The second kappa shape index (κ2) is 5.10. The molecule has 0 aromatic carbocycles. The highest BCUT2D eigenvalue weighted by atomic mass is 32.1. The lowest BCUT2D eigenvalue weighted by atomic mass is 10.4. The minimum Gasteiger partial charge on any atom is -0.364 e. The number of hydrogen-bond acceptors (Lipinski definition) is 7. The molecule has 0 aliphatic rings. The molecule has 0 radical (unpaired) electrons. The van der Waals surface area contributed by atoms with E-state index in [4.69, 9.17) is 13.6 Å². The van der Waals surface area contributed by atoms with E-state index in [1.807, 2.05) is 5.38 Å². The van der Waals surface area contributed by atoms with E-state index in [-0.39, 0.29) is 6.61 Å². The Morgan fingerprint density at radius 1 is 1.59 bits per heavy atom. The van der Waals surface area contributed by atoms with Crippen molar-refractivity contribution >= 4 is 18.9 Å². The smallest absolute Gasteiger partial charge is 0.327 e. The summed E-state index contributed by atoms with van der Waals surface area (Å²) in [6.45, 7) is 1.56. The van der Waals surface area contributed by atoms with Crippen LogP contribution in [0.3, 0.4) is 0 Å². The van der Waals surface area contributed by atoms with Crippen molar-refractivity contribution in [1.29, 1.82) is 0 Å². The predicted octanol–water partition coefficient (Wildman–Crippen LogP) is 2.78. The van der Waals surface area contributed by atoms with Crippen LogP contribution in [0.2, 0.25) is 0 Å². The topological polar surface area (TPSA) is 74.5 Å². The van der Waals surface area contributed by atoms with Gasteiger partial charge in [0.05, 0.1) is 12.3 Å². The molecule has 8 heteroatoms. The summed E-state index contributed by atoms with van der Waals surface area (Å²) in [5, 5.41) is 6.33. The van der Waals surface area contributed by atoms with Crippen LogP contribution in [0.1, 0.15) is 5.69 Å². The largest absolute Gasteiger partial charge is 0.364 e. The molecule has 0 aliphatic heterocycles. The average molecular weight is 274 g/mol. The second-order valence-electron chi connectivity index (χ2n) is 3.26. The summed E-state index contributed by atoms with van der Waals surface area (Å²) in [5.41, 5.74) is 1.36. The summed E-state index contributed by atoms with van der Waals surface area (Å²) in [5.74, 6) is 0. The fourth-order valence-corrected chi connectivity index (χ4v) is 2.29. The first-order valence-electron chi connectivity index (χ1n) is 4.74. The van der Waals surface area contributed by atoms with Gasteiger partial charge in [0.25, 0.3) is 0 Å². The number of aromatic nitrogens is 2. The van der Waals surface area contributed by atoms with Crippen LogP contribution < -0.4 is 0 Å². The normalized spacial score (nSPS) is 14.7. The van der Waals surface area contributed by atoms with Gasteiger partial charge < -0.3 is 13.6 Å². The molecule has 0 spiro atoms. The van der Waals surface area contributed by atoms with Crippen molar-refractivity contribution in [3.05, 3.63) is 23.4 Å². The Hall–Kier alpha value is -1.01. The zero-order valence-corrected chi connectivity index (χ0v) is 11.0. The van der Waals surface area contributed by atoms with Gasteiger partial charge in [-0.2, -0.15) is 0 Å². The fourth-order valence-electron chi connectivity index (χ4n) is 1.05. The third-order valence-corrected chi connectivity index (χ3v) is 4.16. The fraction of sp³-hybridized carbons (Fsp3) is 0.333. The molecule has 0 amide bonds. The standard InChI is InChI=1S/C9H11N2O4PS/c1-13-16(2,12)15-5-7-6-17-9(10-7)8-3-4-14-11-8/h3-4,6H,5H2,1-2H3/t16-/m0/s1. The zero-order chi connectivity index (χ0) is 12.3. The molecule has 2 aromatic rings. The van der Waals surface area contributed by atoms with Crippen molar-refractivity contribution in [2.75, 3.05) is 13.8 Å². The first-order valence-corrected chi connectivity index (χ1v) is 7.60. The first-order chi connectivity index (χ1) is 8.11. The Bertz CT molecular complexity index is 525. The van der Waals surface area contributed by atoms with Gasteiger partial charge >= 0.3 is 7.60 Å². The highest BCUT2D eigenvalue weighted by Crippen LogP contribution is 2.43. The van der Waals surface area contributed by atoms with E-state index in [1.54, 1.807) is 6.07 Å². The summed E-state index contributed by atoms with van der Waals surface area (Å²) >= 11 is 1.42. The van der Waals surface area contributed by atoms with Crippen molar-refractivity contribution in [3.63, 3.8) is 0 Å². The van der Waals surface area contributed by atoms with Crippen molar-refractivity contribution in [2.45, 2.75) is 6.61 Å². The van der Waals surface area contributed by atoms with Crippen LogP contribution in [-0.2, 0) is 20.2 Å². The SMILES string of the molecule is CO[P@](C)(=O)OCc1csc(-c2ccon2)n1. The molecule has 1 atom stereocenters.